The first-order chi connectivity index (χ1) is 15.3. The van der Waals surface area contributed by atoms with Crippen molar-refractivity contribution in [1.82, 2.24) is 0 Å². The Morgan fingerprint density at radius 3 is 1.31 bits per heavy atom. The average molecular weight is 457 g/mol. The van der Waals surface area contributed by atoms with Crippen LogP contribution in [-0.4, -0.2) is 11.4 Å². The summed E-state index contributed by atoms with van der Waals surface area (Å²) >= 11 is 12.6. The molecule has 0 unspecified atom stereocenters. The van der Waals surface area contributed by atoms with Crippen molar-refractivity contribution >= 4 is 56.8 Å². The molecule has 5 rings (SSSR count). The topological polar surface area (TPSA) is 24.7 Å². The molecular weight excluding hydrogens is 435 g/mol. The van der Waals surface area contributed by atoms with Crippen LogP contribution in [0, 0.1) is 27.7 Å². The van der Waals surface area contributed by atoms with Crippen molar-refractivity contribution in [2.45, 2.75) is 27.7 Å². The minimum atomic E-state index is 0.724. The van der Waals surface area contributed by atoms with Crippen LogP contribution in [0.15, 0.2) is 70.6 Å². The molecule has 32 heavy (non-hydrogen) atoms. The first-order valence-electron chi connectivity index (χ1n) is 10.6. The van der Waals surface area contributed by atoms with Crippen molar-refractivity contribution in [2.75, 3.05) is 0 Å². The van der Waals surface area contributed by atoms with Gasteiger partial charge in [-0.1, -0.05) is 59.6 Å². The first-order valence-corrected chi connectivity index (χ1v) is 11.3. The van der Waals surface area contributed by atoms with E-state index in [0.717, 1.165) is 66.2 Å². The predicted octanol–water partition coefficient (Wildman–Crippen LogP) is 8.64. The van der Waals surface area contributed by atoms with Gasteiger partial charge in [0.2, 0.25) is 0 Å². The minimum Gasteiger partial charge on any atom is -0.246 e. The molecule has 2 nitrogen and oxygen atoms in total. The lowest BCUT2D eigenvalue weighted by Crippen LogP contribution is -2.11. The smallest absolute Gasteiger partial charge is 0.0979 e. The minimum absolute atomic E-state index is 0.724. The summed E-state index contributed by atoms with van der Waals surface area (Å²) in [6, 6.07) is 20.6. The Morgan fingerprint density at radius 1 is 0.562 bits per heavy atom. The fourth-order valence-electron chi connectivity index (χ4n) is 4.60. The normalized spacial score (nSPS) is 15.3. The van der Waals surface area contributed by atoms with Crippen LogP contribution >= 0.6 is 23.2 Å². The lowest BCUT2D eigenvalue weighted by molar-refractivity contribution is 1.32. The summed E-state index contributed by atoms with van der Waals surface area (Å²) in [6.45, 7) is 8.19. The van der Waals surface area contributed by atoms with E-state index >= 15 is 0 Å². The van der Waals surface area contributed by atoms with Gasteiger partial charge in [0.05, 0.1) is 22.8 Å². The van der Waals surface area contributed by atoms with Crippen LogP contribution in [0.25, 0.3) is 10.8 Å². The zero-order valence-corrected chi connectivity index (χ0v) is 19.9. The van der Waals surface area contributed by atoms with Gasteiger partial charge in [0.25, 0.3) is 0 Å². The lowest BCUT2D eigenvalue weighted by atomic mass is 10.1. The SMILES string of the molecule is Cc1cc(Cl)cc(C)c1N=C1C(=Nc2c(C)cc(Cl)cc2C)c2cccc3cccc1c23. The summed E-state index contributed by atoms with van der Waals surface area (Å²) in [5.41, 5.74) is 10.0. The maximum atomic E-state index is 6.28. The van der Waals surface area contributed by atoms with Crippen molar-refractivity contribution in [3.8, 4) is 0 Å². The van der Waals surface area contributed by atoms with Crippen molar-refractivity contribution < 1.29 is 0 Å². The Kier molecular flexibility index (Phi) is 5.16. The van der Waals surface area contributed by atoms with E-state index in [1.807, 2.05) is 52.0 Å². The number of halogens is 2. The van der Waals surface area contributed by atoms with E-state index in [0.29, 0.717) is 0 Å². The fourth-order valence-corrected chi connectivity index (χ4v) is 5.25. The molecule has 0 aliphatic heterocycles. The maximum Gasteiger partial charge on any atom is 0.0979 e. The van der Waals surface area contributed by atoms with E-state index in [4.69, 9.17) is 33.2 Å². The van der Waals surface area contributed by atoms with Gasteiger partial charge in [-0.05, 0) is 79.6 Å². The average Bonchev–Trinajstić information content (AvgIpc) is 3.02. The van der Waals surface area contributed by atoms with E-state index in [-0.39, 0.29) is 0 Å². The molecule has 1 aliphatic carbocycles. The molecule has 0 fully saturated rings. The van der Waals surface area contributed by atoms with Crippen LogP contribution in [0.5, 0.6) is 0 Å². The molecule has 0 saturated carbocycles. The summed E-state index contributed by atoms with van der Waals surface area (Å²) in [7, 11) is 0. The zero-order valence-electron chi connectivity index (χ0n) is 18.4. The molecule has 0 heterocycles. The van der Waals surface area contributed by atoms with E-state index < -0.39 is 0 Å². The highest BCUT2D eigenvalue weighted by Crippen LogP contribution is 2.37. The van der Waals surface area contributed by atoms with Gasteiger partial charge < -0.3 is 0 Å². The number of nitrogens with zero attached hydrogens (tertiary/aromatic N) is 2. The van der Waals surface area contributed by atoms with E-state index in [2.05, 4.69) is 36.4 Å². The highest BCUT2D eigenvalue weighted by Gasteiger charge is 2.28. The molecule has 158 valence electrons. The van der Waals surface area contributed by atoms with Gasteiger partial charge in [-0.25, -0.2) is 9.98 Å². The highest BCUT2D eigenvalue weighted by molar-refractivity contribution is 6.61. The number of aliphatic imine (C=N–C) groups is 2. The quantitative estimate of drug-likeness (QED) is 0.288. The molecule has 0 aromatic heterocycles. The molecule has 0 bridgehead atoms. The highest BCUT2D eigenvalue weighted by atomic mass is 35.5. The molecule has 4 aromatic rings. The summed E-state index contributed by atoms with van der Waals surface area (Å²) in [5.74, 6) is 0. The van der Waals surface area contributed by atoms with Crippen molar-refractivity contribution in [1.29, 1.82) is 0 Å². The largest absolute Gasteiger partial charge is 0.246 e. The third-order valence-corrected chi connectivity index (χ3v) is 6.43. The third-order valence-electron chi connectivity index (χ3n) is 6.00. The summed E-state index contributed by atoms with van der Waals surface area (Å²) in [6.07, 6.45) is 0. The molecule has 0 atom stereocenters. The molecule has 0 N–H and O–H groups in total. The molecule has 4 heteroatoms. The van der Waals surface area contributed by atoms with Crippen LogP contribution in [0.3, 0.4) is 0 Å². The van der Waals surface area contributed by atoms with Gasteiger partial charge >= 0.3 is 0 Å². The van der Waals surface area contributed by atoms with Gasteiger partial charge in [-0.15, -0.1) is 0 Å². The van der Waals surface area contributed by atoms with E-state index in [9.17, 15) is 0 Å². The van der Waals surface area contributed by atoms with E-state index in [1.54, 1.807) is 0 Å². The summed E-state index contributed by atoms with van der Waals surface area (Å²) in [5, 5.41) is 3.83. The molecule has 0 radical (unpaired) electrons. The van der Waals surface area contributed by atoms with Crippen molar-refractivity contribution in [2.24, 2.45) is 9.98 Å². The standard InChI is InChI=1S/C28H22Cl2N2/c1-15-11-20(29)12-16(2)25(15)31-27-22-9-5-7-19-8-6-10-23(24(19)22)28(27)32-26-17(3)13-21(30)14-18(26)4/h5-14H,1-4H3. The van der Waals surface area contributed by atoms with Crippen LogP contribution in [0.2, 0.25) is 10.0 Å². The fraction of sp³-hybridized carbons (Fsp3) is 0.143. The zero-order chi connectivity index (χ0) is 22.6. The predicted molar refractivity (Wildman–Crippen MR) is 138 cm³/mol. The van der Waals surface area contributed by atoms with Gasteiger partial charge in [0.15, 0.2) is 0 Å². The summed E-state index contributed by atoms with van der Waals surface area (Å²) < 4.78 is 0. The van der Waals surface area contributed by atoms with Gasteiger partial charge in [-0.2, -0.15) is 0 Å². The first kappa shape index (κ1) is 20.9. The molecular formula is C28H22Cl2N2. The molecule has 4 aromatic carbocycles. The second kappa shape index (κ2) is 7.88. The number of hydrogen-bond donors (Lipinski definition) is 0. The monoisotopic (exact) mass is 456 g/mol. The van der Waals surface area contributed by atoms with E-state index in [1.165, 1.54) is 10.8 Å². The summed E-state index contributed by atoms with van der Waals surface area (Å²) in [4.78, 5) is 10.4. The molecule has 1 aliphatic rings. The second-order valence-corrected chi connectivity index (χ2v) is 9.28. The third kappa shape index (κ3) is 3.44. The van der Waals surface area contributed by atoms with Crippen LogP contribution in [0.4, 0.5) is 11.4 Å². The molecule has 0 saturated heterocycles. The number of benzene rings is 4. The Morgan fingerprint density at radius 2 is 0.938 bits per heavy atom. The maximum absolute atomic E-state index is 6.28. The van der Waals surface area contributed by atoms with Crippen LogP contribution < -0.4 is 0 Å². The van der Waals surface area contributed by atoms with Gasteiger partial charge in [0.1, 0.15) is 0 Å². The Balaban J connectivity index is 1.84. The van der Waals surface area contributed by atoms with Gasteiger partial charge in [0, 0.05) is 26.6 Å². The Labute approximate surface area is 198 Å². The Hall–Kier alpha value is -2.94. The number of rotatable bonds is 2. The van der Waals surface area contributed by atoms with Crippen LogP contribution in [-0.2, 0) is 0 Å². The van der Waals surface area contributed by atoms with Crippen molar-refractivity contribution in [3.63, 3.8) is 0 Å². The lowest BCUT2D eigenvalue weighted by Gasteiger charge is -2.11. The molecule has 0 amide bonds. The molecule has 0 spiro atoms. The van der Waals surface area contributed by atoms with Gasteiger partial charge in [-0.3, -0.25) is 0 Å². The van der Waals surface area contributed by atoms with Crippen molar-refractivity contribution in [3.05, 3.63) is 104 Å². The Bertz CT molecular complexity index is 1320. The number of aryl methyl sites for hydroxylation is 4. The van der Waals surface area contributed by atoms with Crippen LogP contribution in [0.1, 0.15) is 33.4 Å². The number of hydrogen-bond acceptors (Lipinski definition) is 2. The second-order valence-electron chi connectivity index (χ2n) is 8.41.